The van der Waals surface area contributed by atoms with Crippen LogP contribution in [0.5, 0.6) is 0 Å². The van der Waals surface area contributed by atoms with Crippen LogP contribution in [0.2, 0.25) is 0 Å². The Morgan fingerprint density at radius 2 is 1.83 bits per heavy atom. The number of carbonyl (C=O) groups is 2. The van der Waals surface area contributed by atoms with Crippen LogP contribution in [0, 0.1) is 16.3 Å². The Balaban J connectivity index is 1.72. The Kier molecular flexibility index (Phi) is 7.90. The van der Waals surface area contributed by atoms with Crippen molar-refractivity contribution in [3.8, 4) is 5.69 Å². The van der Waals surface area contributed by atoms with Crippen LogP contribution in [0.25, 0.3) is 16.6 Å². The maximum atomic E-state index is 14.9. The highest BCUT2D eigenvalue weighted by Crippen LogP contribution is 2.34. The van der Waals surface area contributed by atoms with Crippen LogP contribution in [0.4, 0.5) is 26.4 Å². The van der Waals surface area contributed by atoms with E-state index in [1.807, 2.05) is 22.6 Å². The SMILES string of the molecule is Cc1c(=O)n(C)c(Nc2ccc(I)cc2F)c2c(=O)n(C3CC3)c(=O)n(-c3cccc(NC(=O)CCNC(=O)O)c3)c12. The minimum Gasteiger partial charge on any atom is -0.465 e. The van der Waals surface area contributed by atoms with E-state index >= 15 is 0 Å². The van der Waals surface area contributed by atoms with E-state index in [4.69, 9.17) is 5.11 Å². The second-order valence-corrected chi connectivity index (χ2v) is 11.2. The van der Waals surface area contributed by atoms with Crippen molar-refractivity contribution in [1.82, 2.24) is 19.0 Å². The number of rotatable bonds is 8. The van der Waals surface area contributed by atoms with Crippen LogP contribution >= 0.6 is 22.6 Å². The summed E-state index contributed by atoms with van der Waals surface area (Å²) >= 11 is 1.97. The van der Waals surface area contributed by atoms with Gasteiger partial charge in [0.15, 0.2) is 0 Å². The molecule has 2 aromatic carbocycles. The summed E-state index contributed by atoms with van der Waals surface area (Å²) in [5.74, 6) is -1.01. The summed E-state index contributed by atoms with van der Waals surface area (Å²) in [5.41, 5.74) is -0.902. The van der Waals surface area contributed by atoms with Gasteiger partial charge in [-0.2, -0.15) is 0 Å². The van der Waals surface area contributed by atoms with Crippen molar-refractivity contribution >= 4 is 62.7 Å². The van der Waals surface area contributed by atoms with Gasteiger partial charge < -0.3 is 21.1 Å². The molecule has 42 heavy (non-hydrogen) atoms. The summed E-state index contributed by atoms with van der Waals surface area (Å²) in [6, 6.07) is 10.5. The van der Waals surface area contributed by atoms with Crippen LogP contribution in [0.3, 0.4) is 0 Å². The molecule has 1 fully saturated rings. The van der Waals surface area contributed by atoms with E-state index in [1.165, 1.54) is 41.3 Å². The molecule has 0 radical (unpaired) electrons. The number of nitrogens with zero attached hydrogens (tertiary/aromatic N) is 3. The molecule has 218 valence electrons. The predicted octanol–water partition coefficient (Wildman–Crippen LogP) is 3.58. The Bertz CT molecular complexity index is 1940. The molecule has 5 rings (SSSR count). The van der Waals surface area contributed by atoms with Gasteiger partial charge in [0.25, 0.3) is 11.1 Å². The minimum absolute atomic E-state index is 0.0317. The van der Waals surface area contributed by atoms with Gasteiger partial charge in [0.1, 0.15) is 17.0 Å². The molecule has 0 spiro atoms. The number of carboxylic acid groups (broad SMARTS) is 1. The lowest BCUT2D eigenvalue weighted by Gasteiger charge is -2.21. The summed E-state index contributed by atoms with van der Waals surface area (Å²) in [5, 5.41) is 16.5. The number of nitrogens with one attached hydrogen (secondary N) is 3. The van der Waals surface area contributed by atoms with E-state index in [0.717, 1.165) is 4.57 Å². The fraction of sp³-hybridized carbons (Fsp3) is 0.250. The normalized spacial score (nSPS) is 12.8. The largest absolute Gasteiger partial charge is 0.465 e. The molecule has 0 unspecified atom stereocenters. The van der Waals surface area contributed by atoms with Crippen molar-refractivity contribution in [2.24, 2.45) is 7.05 Å². The maximum absolute atomic E-state index is 14.9. The molecule has 0 atom stereocenters. The van der Waals surface area contributed by atoms with Gasteiger partial charge in [0, 0.05) is 40.9 Å². The molecule has 2 amide bonds. The first-order valence-corrected chi connectivity index (χ1v) is 14.1. The number of amides is 2. The van der Waals surface area contributed by atoms with Crippen LogP contribution in [-0.4, -0.2) is 37.4 Å². The van der Waals surface area contributed by atoms with Gasteiger partial charge >= 0.3 is 11.8 Å². The molecule has 0 bridgehead atoms. The number of pyridine rings is 1. The summed E-state index contributed by atoms with van der Waals surface area (Å²) < 4.78 is 19.2. The summed E-state index contributed by atoms with van der Waals surface area (Å²) in [7, 11) is 1.47. The lowest BCUT2D eigenvalue weighted by molar-refractivity contribution is -0.116. The van der Waals surface area contributed by atoms with Crippen molar-refractivity contribution in [2.75, 3.05) is 17.2 Å². The van der Waals surface area contributed by atoms with E-state index in [2.05, 4.69) is 16.0 Å². The molecule has 2 heterocycles. The molecule has 0 saturated heterocycles. The standard InChI is InChI=1S/C28H26FIN6O6/c1-14-23-22(24(34(2)25(14)38)33-20-9-6-15(30)12-19(20)29)26(39)36(17-7-8-17)28(42)35(23)18-5-3-4-16(13-18)32-21(37)10-11-31-27(40)41/h3-6,9,12-13,17,31,33H,7-8,10-11H2,1-2H3,(H,32,37)(H,40,41). The van der Waals surface area contributed by atoms with Crippen molar-refractivity contribution in [1.29, 1.82) is 0 Å². The monoisotopic (exact) mass is 688 g/mol. The Hall–Kier alpha value is -4.47. The molecule has 4 aromatic rings. The van der Waals surface area contributed by atoms with E-state index in [0.29, 0.717) is 22.1 Å². The van der Waals surface area contributed by atoms with Gasteiger partial charge in [-0.05, 0) is 78.8 Å². The number of fused-ring (bicyclic) bond motifs is 1. The number of hydrogen-bond donors (Lipinski definition) is 4. The van der Waals surface area contributed by atoms with E-state index < -0.39 is 34.6 Å². The topological polar surface area (TPSA) is 156 Å². The fourth-order valence-corrected chi connectivity index (χ4v) is 5.26. The molecule has 14 heteroatoms. The molecule has 2 aromatic heterocycles. The van der Waals surface area contributed by atoms with Crippen LogP contribution in [-0.2, 0) is 11.8 Å². The summed E-state index contributed by atoms with van der Waals surface area (Å²) in [6.45, 7) is 1.43. The van der Waals surface area contributed by atoms with Crippen molar-refractivity contribution in [2.45, 2.75) is 32.2 Å². The molecule has 1 aliphatic carbocycles. The third kappa shape index (κ3) is 5.53. The zero-order chi connectivity index (χ0) is 30.3. The highest BCUT2D eigenvalue weighted by Gasteiger charge is 2.31. The first-order chi connectivity index (χ1) is 20.0. The minimum atomic E-state index is -1.25. The lowest BCUT2D eigenvalue weighted by Crippen LogP contribution is -2.41. The van der Waals surface area contributed by atoms with E-state index in [9.17, 15) is 28.4 Å². The third-order valence-electron chi connectivity index (χ3n) is 6.96. The average Bonchev–Trinajstić information content (AvgIpc) is 3.76. The van der Waals surface area contributed by atoms with Crippen molar-refractivity contribution < 1.29 is 19.1 Å². The zero-order valence-corrected chi connectivity index (χ0v) is 24.7. The fourth-order valence-electron chi connectivity index (χ4n) is 4.80. The summed E-state index contributed by atoms with van der Waals surface area (Å²) in [6.07, 6.45) is -0.117. The highest BCUT2D eigenvalue weighted by atomic mass is 127. The molecular weight excluding hydrogens is 662 g/mol. The molecule has 1 aliphatic rings. The summed E-state index contributed by atoms with van der Waals surface area (Å²) in [4.78, 5) is 64.3. The van der Waals surface area contributed by atoms with Gasteiger partial charge in [0.05, 0.1) is 16.9 Å². The van der Waals surface area contributed by atoms with Gasteiger partial charge in [-0.3, -0.25) is 28.1 Å². The quantitative estimate of drug-likeness (QED) is 0.206. The third-order valence-corrected chi connectivity index (χ3v) is 7.63. The Morgan fingerprint density at radius 3 is 2.50 bits per heavy atom. The second-order valence-electron chi connectivity index (χ2n) is 9.92. The number of carbonyl (C=O) groups excluding carboxylic acids is 1. The number of aryl methyl sites for hydroxylation is 1. The molecule has 4 N–H and O–H groups in total. The highest BCUT2D eigenvalue weighted by molar-refractivity contribution is 14.1. The second kappa shape index (κ2) is 11.4. The smallest absolute Gasteiger partial charge is 0.404 e. The number of aromatic nitrogens is 3. The molecule has 0 aliphatic heterocycles. The van der Waals surface area contributed by atoms with E-state index in [-0.39, 0.29) is 52.7 Å². The van der Waals surface area contributed by atoms with Crippen LogP contribution in [0.1, 0.15) is 30.9 Å². The first kappa shape index (κ1) is 29.0. The van der Waals surface area contributed by atoms with Crippen molar-refractivity contribution in [3.05, 3.63) is 88.6 Å². The van der Waals surface area contributed by atoms with Crippen LogP contribution in [0.15, 0.2) is 56.8 Å². The molecule has 12 nitrogen and oxygen atoms in total. The Labute approximate surface area is 250 Å². The van der Waals surface area contributed by atoms with Gasteiger partial charge in [-0.15, -0.1) is 0 Å². The van der Waals surface area contributed by atoms with Crippen LogP contribution < -0.4 is 32.8 Å². The number of hydrogen-bond acceptors (Lipinski definition) is 6. The number of benzene rings is 2. The van der Waals surface area contributed by atoms with E-state index in [1.54, 1.807) is 24.3 Å². The van der Waals surface area contributed by atoms with Gasteiger partial charge in [0.2, 0.25) is 5.91 Å². The maximum Gasteiger partial charge on any atom is 0.404 e. The average molecular weight is 688 g/mol. The van der Waals surface area contributed by atoms with Gasteiger partial charge in [-0.25, -0.2) is 14.0 Å². The predicted molar refractivity (Wildman–Crippen MR) is 164 cm³/mol. The van der Waals surface area contributed by atoms with Crippen molar-refractivity contribution in [3.63, 3.8) is 0 Å². The molecule has 1 saturated carbocycles. The first-order valence-electron chi connectivity index (χ1n) is 13.0. The number of anilines is 3. The lowest BCUT2D eigenvalue weighted by atomic mass is 10.1. The number of halogens is 2. The Morgan fingerprint density at radius 1 is 1.10 bits per heavy atom. The zero-order valence-electron chi connectivity index (χ0n) is 22.5. The molecular formula is C28H26FIN6O6. The van der Waals surface area contributed by atoms with Gasteiger partial charge in [-0.1, -0.05) is 6.07 Å².